The minimum Gasteiger partial charge on any atom is -0.384 e. The molecular weight excluding hydrogens is 402 g/mol. The number of aromatic nitrogens is 1. The number of amides is 1. The van der Waals surface area contributed by atoms with Crippen LogP contribution < -0.4 is 16.0 Å². The Balaban J connectivity index is 1.62. The van der Waals surface area contributed by atoms with Gasteiger partial charge in [-0.3, -0.25) is 9.69 Å². The molecule has 1 unspecified atom stereocenters. The average molecular weight is 426 g/mol. The van der Waals surface area contributed by atoms with Crippen LogP contribution in [0.15, 0.2) is 30.5 Å². The van der Waals surface area contributed by atoms with Gasteiger partial charge in [-0.1, -0.05) is 0 Å². The Bertz CT molecular complexity index is 1040. The Morgan fingerprint density at radius 2 is 2.19 bits per heavy atom. The van der Waals surface area contributed by atoms with Crippen LogP contribution in [-0.4, -0.2) is 47.6 Å². The Kier molecular flexibility index (Phi) is 5.50. The van der Waals surface area contributed by atoms with Crippen molar-refractivity contribution in [2.75, 3.05) is 35.6 Å². The van der Waals surface area contributed by atoms with E-state index in [4.69, 9.17) is 5.26 Å². The molecule has 2 aliphatic rings. The van der Waals surface area contributed by atoms with Crippen molar-refractivity contribution in [3.63, 3.8) is 0 Å². The lowest BCUT2D eigenvalue weighted by atomic mass is 9.87. The number of nitrogens with one attached hydrogen (secondary N) is 3. The number of hydrogen-bond acceptors (Lipinski definition) is 6. The first-order chi connectivity index (χ1) is 14.8. The van der Waals surface area contributed by atoms with E-state index in [1.807, 2.05) is 13.0 Å². The van der Waals surface area contributed by atoms with Crippen molar-refractivity contribution in [2.24, 2.45) is 0 Å². The number of rotatable bonds is 5. The number of carbonyl (C=O) groups is 1. The van der Waals surface area contributed by atoms with Gasteiger partial charge in [0.15, 0.2) is 0 Å². The first-order valence-corrected chi connectivity index (χ1v) is 10.3. The average Bonchev–Trinajstić information content (AvgIpc) is 3.00. The second kappa shape index (κ2) is 8.12. The molecule has 0 saturated carbocycles. The number of hydrogen-bond donors (Lipinski definition) is 3. The lowest BCUT2D eigenvalue weighted by Crippen LogP contribution is -2.57. The maximum Gasteiger partial charge on any atom is 0.249 e. The molecule has 31 heavy (non-hydrogen) atoms. The van der Waals surface area contributed by atoms with Crippen molar-refractivity contribution < 1.29 is 13.6 Å². The summed E-state index contributed by atoms with van der Waals surface area (Å²) >= 11 is 0. The highest BCUT2D eigenvalue weighted by molar-refractivity contribution is 6.08. The number of benzene rings is 1. The van der Waals surface area contributed by atoms with Crippen LogP contribution in [0.5, 0.6) is 0 Å². The van der Waals surface area contributed by atoms with Crippen LogP contribution in [0.4, 0.5) is 25.8 Å². The summed E-state index contributed by atoms with van der Waals surface area (Å²) in [4.78, 5) is 18.9. The normalized spacial score (nSPS) is 25.5. The fourth-order valence-electron chi connectivity index (χ4n) is 4.42. The van der Waals surface area contributed by atoms with Gasteiger partial charge in [-0.05, 0) is 38.1 Å². The first kappa shape index (κ1) is 21.0. The molecule has 1 saturated heterocycles. The largest absolute Gasteiger partial charge is 0.384 e. The molecule has 3 heterocycles. The van der Waals surface area contributed by atoms with E-state index < -0.39 is 17.5 Å². The number of carbonyl (C=O) groups excluding carboxylic acids is 1. The molecular formula is C22H24F2N6O. The van der Waals surface area contributed by atoms with Crippen LogP contribution in [-0.2, 0) is 10.3 Å². The highest BCUT2D eigenvalue weighted by Gasteiger charge is 2.50. The van der Waals surface area contributed by atoms with E-state index in [-0.39, 0.29) is 24.9 Å². The summed E-state index contributed by atoms with van der Waals surface area (Å²) < 4.78 is 29.1. The van der Waals surface area contributed by atoms with Crippen molar-refractivity contribution in [1.82, 2.24) is 9.88 Å². The van der Waals surface area contributed by atoms with Gasteiger partial charge in [-0.2, -0.15) is 5.26 Å². The number of piperidine rings is 1. The number of anilines is 3. The van der Waals surface area contributed by atoms with E-state index in [1.165, 1.54) is 18.3 Å². The molecule has 1 fully saturated rings. The molecule has 4 rings (SSSR count). The third-order valence-corrected chi connectivity index (χ3v) is 5.96. The molecule has 0 spiro atoms. The second-order valence-corrected chi connectivity index (χ2v) is 8.06. The van der Waals surface area contributed by atoms with Crippen molar-refractivity contribution in [3.05, 3.63) is 47.5 Å². The van der Waals surface area contributed by atoms with E-state index in [0.717, 1.165) is 0 Å². The molecule has 7 nitrogen and oxygen atoms in total. The highest BCUT2D eigenvalue weighted by atomic mass is 19.1. The smallest absolute Gasteiger partial charge is 0.249 e. The van der Waals surface area contributed by atoms with Gasteiger partial charge in [0.1, 0.15) is 29.3 Å². The van der Waals surface area contributed by atoms with Gasteiger partial charge in [0.25, 0.3) is 0 Å². The lowest BCUT2D eigenvalue weighted by molar-refractivity contribution is -0.128. The Morgan fingerprint density at radius 3 is 2.87 bits per heavy atom. The number of fused-ring (bicyclic) bond motifs is 1. The number of nitriles is 1. The fraction of sp³-hybridized carbons (Fsp3) is 0.409. The van der Waals surface area contributed by atoms with Crippen LogP contribution in [0.2, 0.25) is 0 Å². The minimum atomic E-state index is -1.20. The molecule has 1 aromatic carbocycles. The van der Waals surface area contributed by atoms with Crippen molar-refractivity contribution in [3.8, 4) is 6.07 Å². The summed E-state index contributed by atoms with van der Waals surface area (Å²) in [5.74, 6) is -0.760. The molecule has 0 bridgehead atoms. The zero-order chi connectivity index (χ0) is 22.2. The van der Waals surface area contributed by atoms with Crippen molar-refractivity contribution >= 4 is 23.0 Å². The molecule has 9 heteroatoms. The third-order valence-electron chi connectivity index (χ3n) is 5.96. The quantitative estimate of drug-likeness (QED) is 0.680. The molecule has 162 valence electrons. The van der Waals surface area contributed by atoms with Gasteiger partial charge < -0.3 is 16.0 Å². The summed E-state index contributed by atoms with van der Waals surface area (Å²) in [6.07, 6.45) is 0.641. The fourth-order valence-corrected chi connectivity index (χ4v) is 4.42. The molecule has 0 aliphatic carbocycles. The summed E-state index contributed by atoms with van der Waals surface area (Å²) in [5.41, 5.74) is 1.32. The number of alkyl halides is 1. The Labute approximate surface area is 179 Å². The minimum absolute atomic E-state index is 0.0697. The molecule has 3 atom stereocenters. The van der Waals surface area contributed by atoms with Gasteiger partial charge in [-0.15, -0.1) is 0 Å². The Morgan fingerprint density at radius 1 is 1.39 bits per heavy atom. The lowest BCUT2D eigenvalue weighted by Gasteiger charge is -2.43. The van der Waals surface area contributed by atoms with E-state index in [2.05, 4.69) is 20.9 Å². The van der Waals surface area contributed by atoms with E-state index in [9.17, 15) is 13.6 Å². The van der Waals surface area contributed by atoms with Crippen LogP contribution in [0.3, 0.4) is 0 Å². The van der Waals surface area contributed by atoms with Crippen LogP contribution >= 0.6 is 0 Å². The SMILES string of the molecule is CCNc1cc(F)cc2c1NC(=O)C2(C)N1C[C@H](F)C[C@@H](Nc2ccc(C#N)nc2)C1. The monoisotopic (exact) mass is 426 g/mol. The predicted octanol–water partition coefficient (Wildman–Crippen LogP) is 3.22. The van der Waals surface area contributed by atoms with E-state index in [1.54, 1.807) is 24.0 Å². The van der Waals surface area contributed by atoms with Crippen molar-refractivity contribution in [2.45, 2.75) is 38.0 Å². The number of halogens is 2. The topological polar surface area (TPSA) is 93.1 Å². The van der Waals surface area contributed by atoms with Crippen molar-refractivity contribution in [1.29, 1.82) is 5.26 Å². The predicted molar refractivity (Wildman–Crippen MR) is 114 cm³/mol. The summed E-state index contributed by atoms with van der Waals surface area (Å²) in [7, 11) is 0. The highest BCUT2D eigenvalue weighted by Crippen LogP contribution is 2.45. The molecule has 2 aliphatic heterocycles. The number of nitrogens with zero attached hydrogens (tertiary/aromatic N) is 3. The van der Waals surface area contributed by atoms with Gasteiger partial charge in [0.2, 0.25) is 5.91 Å². The summed E-state index contributed by atoms with van der Waals surface area (Å²) in [5, 5.41) is 18.1. The number of pyridine rings is 1. The third kappa shape index (κ3) is 3.79. The molecule has 1 amide bonds. The van der Waals surface area contributed by atoms with Crippen LogP contribution in [0.25, 0.3) is 0 Å². The van der Waals surface area contributed by atoms with Gasteiger partial charge >= 0.3 is 0 Å². The summed E-state index contributed by atoms with van der Waals surface area (Å²) in [6.45, 7) is 4.63. The maximum absolute atomic E-state index is 14.8. The Hall–Kier alpha value is -3.25. The van der Waals surface area contributed by atoms with Crippen LogP contribution in [0, 0.1) is 17.1 Å². The van der Waals surface area contributed by atoms with Gasteiger partial charge in [0, 0.05) is 37.7 Å². The second-order valence-electron chi connectivity index (χ2n) is 8.06. The zero-order valence-corrected chi connectivity index (χ0v) is 17.4. The van der Waals surface area contributed by atoms with Gasteiger partial charge in [0.05, 0.1) is 23.3 Å². The molecule has 2 aromatic rings. The molecule has 3 N–H and O–H groups in total. The standard InChI is InChI=1S/C22H24F2N6O/c1-3-26-19-8-13(23)7-18-20(19)29-21(31)22(18,2)30-11-14(24)6-17(12-30)28-16-5-4-15(9-25)27-10-16/h4-5,7-8,10,14,17,26,28H,3,6,11-12H2,1-2H3,(H,29,31)/t14-,17-,22?/m1/s1. The molecule has 0 radical (unpaired) electrons. The van der Waals surface area contributed by atoms with Crippen LogP contribution in [0.1, 0.15) is 31.5 Å². The van der Waals surface area contributed by atoms with E-state index >= 15 is 0 Å². The summed E-state index contributed by atoms with van der Waals surface area (Å²) in [6, 6.07) is 7.68. The zero-order valence-electron chi connectivity index (χ0n) is 17.4. The molecule has 1 aromatic heterocycles. The number of likely N-dealkylation sites (tertiary alicyclic amines) is 1. The maximum atomic E-state index is 14.8. The first-order valence-electron chi connectivity index (χ1n) is 10.3. The van der Waals surface area contributed by atoms with Gasteiger partial charge in [-0.25, -0.2) is 13.8 Å². The van der Waals surface area contributed by atoms with E-state index in [0.29, 0.717) is 41.4 Å².